The third-order valence-corrected chi connectivity index (χ3v) is 5.59. The summed E-state index contributed by atoms with van der Waals surface area (Å²) in [7, 11) is 1.33. The molecule has 1 atom stereocenters. The Balaban J connectivity index is 2.43. The van der Waals surface area contributed by atoms with Crippen LogP contribution in [0.5, 0.6) is 0 Å². The molecule has 21 heavy (non-hydrogen) atoms. The van der Waals surface area contributed by atoms with Crippen LogP contribution < -0.4 is 0 Å². The van der Waals surface area contributed by atoms with Gasteiger partial charge in [-0.15, -0.1) is 0 Å². The van der Waals surface area contributed by atoms with Gasteiger partial charge in [0.1, 0.15) is 0 Å². The molecule has 0 spiro atoms. The molecule has 2 rings (SSSR count). The van der Waals surface area contributed by atoms with Gasteiger partial charge in [-0.1, -0.05) is 30.1 Å². The van der Waals surface area contributed by atoms with Crippen LogP contribution in [0.3, 0.4) is 0 Å². The highest BCUT2D eigenvalue weighted by molar-refractivity contribution is 8.13. The lowest BCUT2D eigenvalue weighted by molar-refractivity contribution is 0.0683. The highest BCUT2D eigenvalue weighted by Crippen LogP contribution is 2.32. The van der Waals surface area contributed by atoms with Crippen molar-refractivity contribution in [1.82, 2.24) is 4.90 Å². The van der Waals surface area contributed by atoms with Gasteiger partial charge >= 0.3 is 0 Å². The lowest BCUT2D eigenvalue weighted by atomic mass is 9.99. The fraction of sp³-hybridized carbons (Fsp3) is 0.462. The summed E-state index contributed by atoms with van der Waals surface area (Å²) in [5, 5.41) is 0.0377. The SMILES string of the molecule is CC1CCCN(C(=O)c2cc(S(=O)(=O)Cl)cc(Cl)c2Cl)C1. The number of hydrogen-bond acceptors (Lipinski definition) is 3. The molecule has 4 nitrogen and oxygen atoms in total. The van der Waals surface area contributed by atoms with Crippen LogP contribution >= 0.6 is 33.9 Å². The van der Waals surface area contributed by atoms with Gasteiger partial charge in [-0.05, 0) is 30.9 Å². The maximum absolute atomic E-state index is 12.5. The predicted octanol–water partition coefficient (Wildman–Crippen LogP) is 3.79. The fourth-order valence-electron chi connectivity index (χ4n) is 2.40. The summed E-state index contributed by atoms with van der Waals surface area (Å²) in [4.78, 5) is 14.0. The number of likely N-dealkylation sites (tertiary alicyclic amines) is 1. The van der Waals surface area contributed by atoms with Gasteiger partial charge in [0.15, 0.2) is 0 Å². The third-order valence-electron chi connectivity index (χ3n) is 3.46. The second-order valence-corrected chi connectivity index (χ2v) is 8.55. The van der Waals surface area contributed by atoms with Crippen molar-refractivity contribution in [3.8, 4) is 0 Å². The molecule has 1 aliphatic heterocycles. The van der Waals surface area contributed by atoms with E-state index in [2.05, 4.69) is 6.92 Å². The lowest BCUT2D eigenvalue weighted by Crippen LogP contribution is -2.39. The van der Waals surface area contributed by atoms with Crippen LogP contribution in [0, 0.1) is 5.92 Å². The van der Waals surface area contributed by atoms with Crippen LogP contribution in [0.15, 0.2) is 17.0 Å². The summed E-state index contributed by atoms with van der Waals surface area (Å²) in [5.74, 6) is 0.0764. The minimum absolute atomic E-state index is 0.00759. The van der Waals surface area contributed by atoms with E-state index < -0.39 is 9.05 Å². The van der Waals surface area contributed by atoms with E-state index in [4.69, 9.17) is 33.9 Å². The monoisotopic (exact) mass is 369 g/mol. The van der Waals surface area contributed by atoms with Gasteiger partial charge in [-0.3, -0.25) is 4.79 Å². The number of carbonyl (C=O) groups excluding carboxylic acids is 1. The molecule has 0 aliphatic carbocycles. The normalized spacial score (nSPS) is 19.6. The number of halogens is 3. The highest BCUT2D eigenvalue weighted by Gasteiger charge is 2.26. The molecule has 1 saturated heterocycles. The van der Waals surface area contributed by atoms with Crippen molar-refractivity contribution in [2.45, 2.75) is 24.7 Å². The summed E-state index contributed by atoms with van der Waals surface area (Å²) in [5.41, 5.74) is 0.0671. The molecule has 116 valence electrons. The zero-order valence-corrected chi connectivity index (χ0v) is 14.4. The van der Waals surface area contributed by atoms with Crippen LogP contribution in [-0.2, 0) is 9.05 Å². The topological polar surface area (TPSA) is 54.5 Å². The largest absolute Gasteiger partial charge is 0.338 e. The summed E-state index contributed by atoms with van der Waals surface area (Å²) in [6.07, 6.45) is 1.97. The summed E-state index contributed by atoms with van der Waals surface area (Å²) in [6.45, 7) is 3.30. The molecule has 0 N–H and O–H groups in total. The molecule has 1 heterocycles. The zero-order valence-electron chi connectivity index (χ0n) is 11.3. The number of nitrogens with zero attached hydrogens (tertiary/aromatic N) is 1. The molecule has 1 fully saturated rings. The van der Waals surface area contributed by atoms with E-state index in [1.54, 1.807) is 4.90 Å². The molecule has 1 aromatic rings. The van der Waals surface area contributed by atoms with E-state index in [1.165, 1.54) is 6.07 Å². The Kier molecular flexibility index (Phi) is 5.08. The van der Waals surface area contributed by atoms with Gasteiger partial charge in [0.05, 0.1) is 20.5 Å². The predicted molar refractivity (Wildman–Crippen MR) is 83.8 cm³/mol. The van der Waals surface area contributed by atoms with Gasteiger partial charge in [0.2, 0.25) is 0 Å². The molecule has 0 saturated carbocycles. The van der Waals surface area contributed by atoms with Crippen LogP contribution in [0.4, 0.5) is 0 Å². The van der Waals surface area contributed by atoms with Crippen LogP contribution in [-0.4, -0.2) is 32.3 Å². The molecule has 1 aliphatic rings. The van der Waals surface area contributed by atoms with Gasteiger partial charge in [-0.2, -0.15) is 0 Å². The first-order valence-electron chi connectivity index (χ1n) is 6.43. The van der Waals surface area contributed by atoms with Gasteiger partial charge < -0.3 is 4.90 Å². The number of amides is 1. The van der Waals surface area contributed by atoms with Crippen molar-refractivity contribution in [2.24, 2.45) is 5.92 Å². The Bertz CT molecular complexity index is 675. The molecule has 0 radical (unpaired) electrons. The van der Waals surface area contributed by atoms with Crippen molar-refractivity contribution in [2.75, 3.05) is 13.1 Å². The second-order valence-electron chi connectivity index (χ2n) is 5.20. The van der Waals surface area contributed by atoms with Crippen molar-refractivity contribution >= 4 is 48.8 Å². The number of benzene rings is 1. The molecule has 1 amide bonds. The van der Waals surface area contributed by atoms with Crippen molar-refractivity contribution in [3.05, 3.63) is 27.7 Å². The maximum Gasteiger partial charge on any atom is 0.261 e. The number of carbonyl (C=O) groups is 1. The molecule has 1 unspecified atom stereocenters. The number of hydrogen-bond donors (Lipinski definition) is 0. The van der Waals surface area contributed by atoms with Crippen LogP contribution in [0.25, 0.3) is 0 Å². The lowest BCUT2D eigenvalue weighted by Gasteiger charge is -2.31. The Morgan fingerprint density at radius 3 is 2.57 bits per heavy atom. The zero-order chi connectivity index (χ0) is 15.8. The Labute approximate surface area is 138 Å². The van der Waals surface area contributed by atoms with Gasteiger partial charge in [-0.25, -0.2) is 8.42 Å². The van der Waals surface area contributed by atoms with E-state index in [1.807, 2.05) is 0 Å². The van der Waals surface area contributed by atoms with Crippen molar-refractivity contribution in [1.29, 1.82) is 0 Å². The smallest absolute Gasteiger partial charge is 0.261 e. The first-order chi connectivity index (χ1) is 9.70. The van der Waals surface area contributed by atoms with Crippen molar-refractivity contribution in [3.63, 3.8) is 0 Å². The van der Waals surface area contributed by atoms with Gasteiger partial charge in [0, 0.05) is 23.8 Å². The van der Waals surface area contributed by atoms with E-state index in [0.717, 1.165) is 18.9 Å². The van der Waals surface area contributed by atoms with Gasteiger partial charge in [0.25, 0.3) is 15.0 Å². The summed E-state index contributed by atoms with van der Waals surface area (Å²) >= 11 is 12.0. The highest BCUT2D eigenvalue weighted by atomic mass is 35.7. The fourth-order valence-corrected chi connectivity index (χ4v) is 3.66. The van der Waals surface area contributed by atoms with Crippen LogP contribution in [0.2, 0.25) is 10.0 Å². The molecule has 0 aromatic heterocycles. The molecular formula is C13H14Cl3NO3S. The average molecular weight is 371 g/mol. The first kappa shape index (κ1) is 16.9. The van der Waals surface area contributed by atoms with E-state index in [9.17, 15) is 13.2 Å². The van der Waals surface area contributed by atoms with E-state index in [-0.39, 0.29) is 26.4 Å². The Morgan fingerprint density at radius 2 is 2.00 bits per heavy atom. The molecule has 1 aromatic carbocycles. The third kappa shape index (κ3) is 3.83. The molecular weight excluding hydrogens is 357 g/mol. The van der Waals surface area contributed by atoms with E-state index in [0.29, 0.717) is 19.0 Å². The Morgan fingerprint density at radius 1 is 1.33 bits per heavy atom. The summed E-state index contributed by atoms with van der Waals surface area (Å²) in [6, 6.07) is 2.32. The average Bonchev–Trinajstić information content (AvgIpc) is 2.39. The van der Waals surface area contributed by atoms with Crippen LogP contribution in [0.1, 0.15) is 30.1 Å². The standard InChI is InChI=1S/C13H14Cl3NO3S/c1-8-3-2-4-17(7-8)13(18)10-5-9(21(16,19)20)6-11(14)12(10)15/h5-6,8H,2-4,7H2,1H3. The minimum atomic E-state index is -3.98. The number of piperidine rings is 1. The maximum atomic E-state index is 12.5. The minimum Gasteiger partial charge on any atom is -0.338 e. The first-order valence-corrected chi connectivity index (χ1v) is 9.49. The quantitative estimate of drug-likeness (QED) is 0.744. The summed E-state index contributed by atoms with van der Waals surface area (Å²) < 4.78 is 22.9. The number of rotatable bonds is 2. The van der Waals surface area contributed by atoms with E-state index >= 15 is 0 Å². The second kappa shape index (κ2) is 6.32. The van der Waals surface area contributed by atoms with Crippen molar-refractivity contribution < 1.29 is 13.2 Å². The molecule has 8 heteroatoms. The molecule has 0 bridgehead atoms. The Hall–Kier alpha value is -0.490.